The molecule has 0 bridgehead atoms. The second-order valence-corrected chi connectivity index (χ2v) is 8.37. The Morgan fingerprint density at radius 2 is 2.10 bits per heavy atom. The monoisotopic (exact) mass is 390 g/mol. The van der Waals surface area contributed by atoms with E-state index in [2.05, 4.69) is 15.2 Å². The molecule has 0 saturated carbocycles. The molecule has 3 aliphatic heterocycles. The van der Waals surface area contributed by atoms with Crippen LogP contribution < -0.4 is 5.32 Å². The second-order valence-electron chi connectivity index (χ2n) is 8.37. The standard InChI is InChI=1S/C23H26N4O2/c1-26(14-11-16-7-4-5-12-24-16)21(28)19-15-17-8-6-13-27(17)23(19)18-9-2-3-10-20(18)25-22(23)29/h2-5,7,9-10,12,17,19H,6,8,11,13-15H2,1H3,(H,25,29)/t17-,19-,23+/m1/s1. The number of pyridine rings is 1. The van der Waals surface area contributed by atoms with Gasteiger partial charge in [0.25, 0.3) is 0 Å². The van der Waals surface area contributed by atoms with Crippen molar-refractivity contribution in [2.24, 2.45) is 5.92 Å². The minimum absolute atomic E-state index is 0.0421. The maximum absolute atomic E-state index is 13.6. The highest BCUT2D eigenvalue weighted by atomic mass is 16.2. The quantitative estimate of drug-likeness (QED) is 0.871. The van der Waals surface area contributed by atoms with Crippen LogP contribution in [0.5, 0.6) is 0 Å². The van der Waals surface area contributed by atoms with Crippen molar-refractivity contribution in [2.45, 2.75) is 37.3 Å². The van der Waals surface area contributed by atoms with Crippen LogP contribution >= 0.6 is 0 Å². The van der Waals surface area contributed by atoms with Crippen LogP contribution in [0.1, 0.15) is 30.5 Å². The van der Waals surface area contributed by atoms with E-state index in [4.69, 9.17) is 0 Å². The Labute approximate surface area is 170 Å². The van der Waals surface area contributed by atoms with Gasteiger partial charge in [-0.25, -0.2) is 0 Å². The number of amides is 2. The number of anilines is 1. The average molecular weight is 390 g/mol. The van der Waals surface area contributed by atoms with Gasteiger partial charge in [-0.15, -0.1) is 0 Å². The number of hydrogen-bond donors (Lipinski definition) is 1. The molecule has 3 aliphatic rings. The van der Waals surface area contributed by atoms with Crippen molar-refractivity contribution in [3.63, 3.8) is 0 Å². The fourth-order valence-corrected chi connectivity index (χ4v) is 5.57. The number of nitrogens with one attached hydrogen (secondary N) is 1. The number of likely N-dealkylation sites (N-methyl/N-ethyl adjacent to an activating group) is 1. The summed E-state index contributed by atoms with van der Waals surface area (Å²) in [6, 6.07) is 14.0. The molecule has 2 amide bonds. The van der Waals surface area contributed by atoms with Crippen molar-refractivity contribution in [1.82, 2.24) is 14.8 Å². The largest absolute Gasteiger partial charge is 0.345 e. The summed E-state index contributed by atoms with van der Waals surface area (Å²) in [5.74, 6) is -0.341. The van der Waals surface area contributed by atoms with Gasteiger partial charge < -0.3 is 10.2 Å². The predicted octanol–water partition coefficient (Wildman–Crippen LogP) is 2.41. The fourth-order valence-electron chi connectivity index (χ4n) is 5.57. The number of para-hydroxylation sites is 1. The number of aromatic nitrogens is 1. The van der Waals surface area contributed by atoms with Crippen LogP contribution in [0.15, 0.2) is 48.7 Å². The highest BCUT2D eigenvalue weighted by molar-refractivity contribution is 6.09. The van der Waals surface area contributed by atoms with E-state index in [9.17, 15) is 9.59 Å². The molecule has 1 spiro atoms. The number of fused-ring (bicyclic) bond motifs is 4. The molecule has 5 rings (SSSR count). The van der Waals surface area contributed by atoms with Crippen LogP contribution in [0, 0.1) is 5.92 Å². The molecule has 2 saturated heterocycles. The SMILES string of the molecule is CN(CCc1ccccn1)C(=O)[C@H]1C[C@H]2CCCN2[C@]12C(=O)Nc1ccccc12. The number of carbonyl (C=O) groups excluding carboxylic acids is 2. The molecule has 0 unspecified atom stereocenters. The van der Waals surface area contributed by atoms with Gasteiger partial charge in [-0.05, 0) is 44.0 Å². The molecule has 0 radical (unpaired) electrons. The van der Waals surface area contributed by atoms with Crippen molar-refractivity contribution in [3.8, 4) is 0 Å². The Morgan fingerprint density at radius 3 is 2.93 bits per heavy atom. The number of benzene rings is 1. The number of carbonyl (C=O) groups is 2. The zero-order valence-corrected chi connectivity index (χ0v) is 16.7. The van der Waals surface area contributed by atoms with E-state index in [-0.39, 0.29) is 17.7 Å². The summed E-state index contributed by atoms with van der Waals surface area (Å²) in [6.07, 6.45) is 5.36. The Bertz CT molecular complexity index is 947. The zero-order valence-electron chi connectivity index (χ0n) is 16.7. The molecule has 0 aliphatic carbocycles. The van der Waals surface area contributed by atoms with E-state index in [1.54, 1.807) is 11.1 Å². The van der Waals surface area contributed by atoms with Crippen LogP contribution in [-0.4, -0.2) is 52.8 Å². The first-order valence-corrected chi connectivity index (χ1v) is 10.4. The third-order valence-corrected chi connectivity index (χ3v) is 6.88. The lowest BCUT2D eigenvalue weighted by molar-refractivity contribution is -0.143. The Morgan fingerprint density at radius 1 is 1.28 bits per heavy atom. The maximum atomic E-state index is 13.6. The summed E-state index contributed by atoms with van der Waals surface area (Å²) >= 11 is 0. The van der Waals surface area contributed by atoms with Crippen molar-refractivity contribution in [1.29, 1.82) is 0 Å². The Balaban J connectivity index is 1.46. The van der Waals surface area contributed by atoms with E-state index in [1.807, 2.05) is 49.5 Å². The molecule has 6 nitrogen and oxygen atoms in total. The van der Waals surface area contributed by atoms with Crippen LogP contribution in [0.4, 0.5) is 5.69 Å². The number of rotatable bonds is 4. The molecule has 2 fully saturated rings. The van der Waals surface area contributed by atoms with E-state index in [1.165, 1.54) is 0 Å². The van der Waals surface area contributed by atoms with Crippen LogP contribution in [-0.2, 0) is 21.5 Å². The first kappa shape index (κ1) is 18.3. The lowest BCUT2D eigenvalue weighted by Crippen LogP contribution is -2.54. The number of hydrogen-bond acceptors (Lipinski definition) is 4. The van der Waals surface area contributed by atoms with E-state index >= 15 is 0 Å². The van der Waals surface area contributed by atoms with Crippen molar-refractivity contribution >= 4 is 17.5 Å². The fraction of sp³-hybridized carbons (Fsp3) is 0.435. The summed E-state index contributed by atoms with van der Waals surface area (Å²) in [6.45, 7) is 1.46. The molecule has 1 N–H and O–H groups in total. The van der Waals surface area contributed by atoms with E-state index in [0.29, 0.717) is 19.0 Å². The number of nitrogens with zero attached hydrogens (tertiary/aromatic N) is 3. The molecule has 29 heavy (non-hydrogen) atoms. The van der Waals surface area contributed by atoms with Crippen molar-refractivity contribution < 1.29 is 9.59 Å². The molecule has 3 atom stereocenters. The molecule has 6 heteroatoms. The molecular formula is C23H26N4O2. The van der Waals surface area contributed by atoms with Gasteiger partial charge in [0.15, 0.2) is 0 Å². The van der Waals surface area contributed by atoms with Crippen LogP contribution in [0.2, 0.25) is 0 Å². The van der Waals surface area contributed by atoms with Gasteiger partial charge in [-0.3, -0.25) is 19.5 Å². The summed E-state index contributed by atoms with van der Waals surface area (Å²) in [4.78, 5) is 35.4. The van der Waals surface area contributed by atoms with Gasteiger partial charge in [-0.1, -0.05) is 24.3 Å². The van der Waals surface area contributed by atoms with E-state index < -0.39 is 5.54 Å². The van der Waals surface area contributed by atoms with Gasteiger partial charge in [0.1, 0.15) is 5.54 Å². The van der Waals surface area contributed by atoms with E-state index in [0.717, 1.165) is 42.8 Å². The smallest absolute Gasteiger partial charge is 0.250 e. The van der Waals surface area contributed by atoms with Gasteiger partial charge in [0.2, 0.25) is 11.8 Å². The van der Waals surface area contributed by atoms with Crippen LogP contribution in [0.25, 0.3) is 0 Å². The summed E-state index contributed by atoms with van der Waals surface area (Å²) in [5.41, 5.74) is 1.91. The average Bonchev–Trinajstić information content (AvgIpc) is 3.41. The Kier molecular flexibility index (Phi) is 4.39. The molecule has 2 aromatic rings. The molecule has 1 aromatic carbocycles. The summed E-state index contributed by atoms with van der Waals surface area (Å²) < 4.78 is 0. The first-order valence-electron chi connectivity index (χ1n) is 10.4. The summed E-state index contributed by atoms with van der Waals surface area (Å²) in [5, 5.41) is 3.06. The predicted molar refractivity (Wildman–Crippen MR) is 110 cm³/mol. The van der Waals surface area contributed by atoms with Crippen LogP contribution in [0.3, 0.4) is 0 Å². The highest BCUT2D eigenvalue weighted by Crippen LogP contribution is 2.55. The topological polar surface area (TPSA) is 65.5 Å². The van der Waals surface area contributed by atoms with Gasteiger partial charge in [0.05, 0.1) is 5.92 Å². The lowest BCUT2D eigenvalue weighted by atomic mass is 9.78. The minimum atomic E-state index is -0.867. The molecular weight excluding hydrogens is 364 g/mol. The molecule has 150 valence electrons. The molecule has 1 aromatic heterocycles. The highest BCUT2D eigenvalue weighted by Gasteiger charge is 2.65. The summed E-state index contributed by atoms with van der Waals surface area (Å²) in [7, 11) is 1.85. The molecule has 4 heterocycles. The zero-order chi connectivity index (χ0) is 20.0. The van der Waals surface area contributed by atoms with Crippen molar-refractivity contribution in [2.75, 3.05) is 25.5 Å². The van der Waals surface area contributed by atoms with Gasteiger partial charge >= 0.3 is 0 Å². The Hall–Kier alpha value is -2.73. The first-order chi connectivity index (χ1) is 14.1. The lowest BCUT2D eigenvalue weighted by Gasteiger charge is -2.37. The minimum Gasteiger partial charge on any atom is -0.345 e. The third-order valence-electron chi connectivity index (χ3n) is 6.88. The third kappa shape index (κ3) is 2.69. The normalized spacial score (nSPS) is 27.7. The second kappa shape index (κ2) is 6.95. The van der Waals surface area contributed by atoms with Gasteiger partial charge in [0, 0.05) is 49.2 Å². The maximum Gasteiger partial charge on any atom is 0.250 e. The van der Waals surface area contributed by atoms with Crippen molar-refractivity contribution in [3.05, 3.63) is 59.9 Å². The van der Waals surface area contributed by atoms with Gasteiger partial charge in [-0.2, -0.15) is 0 Å².